The van der Waals surface area contributed by atoms with E-state index in [0.717, 1.165) is 11.1 Å². The van der Waals surface area contributed by atoms with Crippen LogP contribution in [-0.4, -0.2) is 10.6 Å². The summed E-state index contributed by atoms with van der Waals surface area (Å²) in [7, 11) is -1.15. The second-order valence-electron chi connectivity index (χ2n) is 0.954. The molecule has 0 aliphatic heterocycles. The minimum absolute atomic E-state index is 0.702. The van der Waals surface area contributed by atoms with Gasteiger partial charge in [0.05, 0.1) is 0 Å². The van der Waals surface area contributed by atoms with E-state index in [1.165, 1.54) is 10.8 Å². The average Bonchev–Trinajstić information content (AvgIpc) is 1.80. The van der Waals surface area contributed by atoms with E-state index in [1.807, 2.05) is 0 Å². The molecule has 3 nitrogen and oxygen atoms in total. The van der Waals surface area contributed by atoms with Crippen LogP contribution in [0, 0.1) is 0 Å². The van der Waals surface area contributed by atoms with Gasteiger partial charge in [0.2, 0.25) is 0 Å². The Morgan fingerprint density at radius 3 is 3.00 bits per heavy atom. The van der Waals surface area contributed by atoms with E-state index < -0.39 is 8.25 Å². The molecule has 0 amide bonds. The zero-order valence-electron chi connectivity index (χ0n) is 4.52. The Morgan fingerprint density at radius 2 is 2.56 bits per heavy atom. The highest BCUT2D eigenvalue weighted by Crippen LogP contribution is 2.32. The van der Waals surface area contributed by atoms with Gasteiger partial charge in [-0.2, -0.15) is 0 Å². The summed E-state index contributed by atoms with van der Waals surface area (Å²) < 4.78 is 14.1. The lowest BCUT2D eigenvalue weighted by atomic mass is 10.8. The van der Waals surface area contributed by atoms with E-state index in [0.29, 0.717) is 5.75 Å². The second kappa shape index (κ2) is 6.58. The van der Waals surface area contributed by atoms with Gasteiger partial charge in [-0.3, -0.25) is 0 Å². The maximum absolute atomic E-state index is 9.83. The highest BCUT2D eigenvalue weighted by molar-refractivity contribution is 8.75. The van der Waals surface area contributed by atoms with Crippen molar-refractivity contribution < 1.29 is 13.4 Å². The van der Waals surface area contributed by atoms with E-state index >= 15 is 0 Å². The van der Waals surface area contributed by atoms with Crippen molar-refractivity contribution in [3.63, 3.8) is 0 Å². The molecule has 0 aromatic carbocycles. The van der Waals surface area contributed by atoms with Crippen molar-refractivity contribution in [2.24, 2.45) is 0 Å². The molecule has 52 valence electrons. The summed E-state index contributed by atoms with van der Waals surface area (Å²) in [6.07, 6.45) is 1.69. The Morgan fingerprint density at radius 1 is 1.89 bits per heavy atom. The first-order valence-corrected chi connectivity index (χ1v) is 5.38. The minimum Gasteiger partial charge on any atom is -0.133 e. The standard InChI is InChI=1S/C3H5O3PS2/c1-2-3-8-9-6-7(4)5/h2H,1,3H2/p+1. The minimum atomic E-state index is -2.46. The molecule has 0 heterocycles. The molecule has 0 saturated carbocycles. The van der Waals surface area contributed by atoms with Crippen LogP contribution in [-0.2, 0) is 8.54 Å². The van der Waals surface area contributed by atoms with Gasteiger partial charge in [-0.1, -0.05) is 16.9 Å². The van der Waals surface area contributed by atoms with Crippen LogP contribution in [0.15, 0.2) is 12.7 Å². The zero-order valence-corrected chi connectivity index (χ0v) is 7.05. The van der Waals surface area contributed by atoms with Crippen LogP contribution in [0.3, 0.4) is 0 Å². The van der Waals surface area contributed by atoms with Crippen molar-refractivity contribution in [1.82, 2.24) is 0 Å². The summed E-state index contributed by atoms with van der Waals surface area (Å²) in [4.78, 5) is 8.08. The van der Waals surface area contributed by atoms with Gasteiger partial charge in [0.25, 0.3) is 0 Å². The molecule has 0 fully saturated rings. The fourth-order valence-electron chi connectivity index (χ4n) is 0.123. The lowest BCUT2D eigenvalue weighted by Crippen LogP contribution is -1.62. The van der Waals surface area contributed by atoms with Gasteiger partial charge < -0.3 is 0 Å². The van der Waals surface area contributed by atoms with Crippen LogP contribution in [0.25, 0.3) is 0 Å². The molecule has 1 atom stereocenters. The van der Waals surface area contributed by atoms with Crippen molar-refractivity contribution in [2.75, 3.05) is 5.75 Å². The van der Waals surface area contributed by atoms with Gasteiger partial charge in [0.1, 0.15) is 11.1 Å². The third kappa shape index (κ3) is 8.46. The van der Waals surface area contributed by atoms with E-state index in [9.17, 15) is 4.57 Å². The Bertz CT molecular complexity index is 107. The smallest absolute Gasteiger partial charge is 0.133 e. The van der Waals surface area contributed by atoms with Crippen molar-refractivity contribution in [1.29, 1.82) is 0 Å². The van der Waals surface area contributed by atoms with Gasteiger partial charge in [0.15, 0.2) is 0 Å². The lowest BCUT2D eigenvalue weighted by Gasteiger charge is -1.82. The molecule has 0 spiro atoms. The fraction of sp³-hybridized carbons (Fsp3) is 0.333. The van der Waals surface area contributed by atoms with Crippen LogP contribution in [0.5, 0.6) is 0 Å². The molecule has 0 aromatic heterocycles. The largest absolute Gasteiger partial charge is 0.708 e. The lowest BCUT2D eigenvalue weighted by molar-refractivity contribution is 0.434. The maximum Gasteiger partial charge on any atom is 0.708 e. The van der Waals surface area contributed by atoms with E-state index in [1.54, 1.807) is 6.08 Å². The summed E-state index contributed by atoms with van der Waals surface area (Å²) in [5, 5.41) is 0. The second-order valence-corrected chi connectivity index (χ2v) is 3.85. The zero-order chi connectivity index (χ0) is 7.11. The van der Waals surface area contributed by atoms with Crippen molar-refractivity contribution in [2.45, 2.75) is 0 Å². The molecule has 1 unspecified atom stereocenters. The summed E-state index contributed by atoms with van der Waals surface area (Å²) in [5.74, 6) is 0.702. The van der Waals surface area contributed by atoms with Crippen LogP contribution in [0.2, 0.25) is 0 Å². The Kier molecular flexibility index (Phi) is 6.91. The summed E-state index contributed by atoms with van der Waals surface area (Å²) in [6, 6.07) is 0. The fourth-order valence-corrected chi connectivity index (χ4v) is 1.97. The molecule has 0 saturated heterocycles. The van der Waals surface area contributed by atoms with Gasteiger partial charge >= 0.3 is 8.25 Å². The molecule has 0 rings (SSSR count). The number of hydrogen-bond acceptors (Lipinski definition) is 4. The van der Waals surface area contributed by atoms with Crippen molar-refractivity contribution in [3.05, 3.63) is 12.7 Å². The highest BCUT2D eigenvalue weighted by atomic mass is 33.1. The summed E-state index contributed by atoms with van der Waals surface area (Å²) >= 11 is 0.898. The monoisotopic (exact) mass is 185 g/mol. The molecule has 9 heavy (non-hydrogen) atoms. The van der Waals surface area contributed by atoms with Crippen molar-refractivity contribution >= 4 is 30.1 Å². The normalized spacial score (nSPS) is 11.0. The maximum atomic E-state index is 9.83. The quantitative estimate of drug-likeness (QED) is 0.234. The molecule has 0 bridgehead atoms. The molecule has 0 aromatic rings. The van der Waals surface area contributed by atoms with E-state index in [-0.39, 0.29) is 0 Å². The predicted octanol–water partition coefficient (Wildman–Crippen LogP) is 2.14. The first kappa shape index (κ1) is 9.46. The molecular formula is C3H6O3PS2+. The van der Waals surface area contributed by atoms with Gasteiger partial charge in [-0.05, 0) is 3.97 Å². The average molecular weight is 185 g/mol. The van der Waals surface area contributed by atoms with Crippen LogP contribution >= 0.6 is 30.1 Å². The first-order valence-electron chi connectivity index (χ1n) is 2.00. The van der Waals surface area contributed by atoms with Gasteiger partial charge in [0, 0.05) is 10.3 Å². The molecular weight excluding hydrogens is 179 g/mol. The molecule has 0 aliphatic rings. The van der Waals surface area contributed by atoms with Crippen LogP contribution in [0.1, 0.15) is 0 Å². The molecule has 0 radical (unpaired) electrons. The summed E-state index contributed by atoms with van der Waals surface area (Å²) in [6.45, 7) is 3.45. The number of hydrogen-bond donors (Lipinski definition) is 1. The predicted molar refractivity (Wildman–Crippen MR) is 41.2 cm³/mol. The summed E-state index contributed by atoms with van der Waals surface area (Å²) in [5.41, 5.74) is 0. The Balaban J connectivity index is 2.91. The van der Waals surface area contributed by atoms with Crippen LogP contribution in [0.4, 0.5) is 0 Å². The number of rotatable bonds is 5. The Hall–Kier alpha value is 0.460. The van der Waals surface area contributed by atoms with Gasteiger partial charge in [-0.15, -0.1) is 11.5 Å². The van der Waals surface area contributed by atoms with Gasteiger partial charge in [-0.25, -0.2) is 0 Å². The van der Waals surface area contributed by atoms with Crippen molar-refractivity contribution in [3.8, 4) is 0 Å². The SMILES string of the molecule is C=CCSSO[P+](=O)O. The third-order valence-electron chi connectivity index (χ3n) is 0.328. The third-order valence-corrected chi connectivity index (χ3v) is 2.79. The van der Waals surface area contributed by atoms with E-state index in [2.05, 4.69) is 10.5 Å². The van der Waals surface area contributed by atoms with Crippen LogP contribution < -0.4 is 0 Å². The molecule has 0 aliphatic carbocycles. The van der Waals surface area contributed by atoms with E-state index in [4.69, 9.17) is 4.89 Å². The first-order chi connectivity index (χ1) is 4.27. The Labute approximate surface area is 62.4 Å². The highest BCUT2D eigenvalue weighted by Gasteiger charge is 2.11. The topological polar surface area (TPSA) is 46.5 Å². The molecule has 6 heteroatoms. The molecule has 1 N–H and O–H groups in total.